The summed E-state index contributed by atoms with van der Waals surface area (Å²) < 4.78 is 12.1. The second kappa shape index (κ2) is 5.27. The first-order chi connectivity index (χ1) is 8.22. The zero-order chi connectivity index (χ0) is 12.3. The Balaban J connectivity index is 2.22. The van der Waals surface area contributed by atoms with E-state index in [4.69, 9.17) is 0 Å². The lowest BCUT2D eigenvalue weighted by atomic mass is 9.80. The summed E-state index contributed by atoms with van der Waals surface area (Å²) in [6.45, 7) is 1.46. The van der Waals surface area contributed by atoms with Crippen LogP contribution < -0.4 is 0 Å². The van der Waals surface area contributed by atoms with E-state index in [-0.39, 0.29) is 5.92 Å². The summed E-state index contributed by atoms with van der Waals surface area (Å²) in [4.78, 5) is 16.9. The van der Waals surface area contributed by atoms with Crippen LogP contribution in [0.2, 0.25) is 0 Å². The first kappa shape index (κ1) is 12.0. The van der Waals surface area contributed by atoms with Crippen LogP contribution >= 0.6 is 0 Å². The van der Waals surface area contributed by atoms with Gasteiger partial charge in [-0.05, 0) is 31.5 Å². The molecule has 0 aliphatic carbocycles. The molecule has 0 saturated carbocycles. The first-order valence-corrected chi connectivity index (χ1v) is 5.78. The molecule has 17 heavy (non-hydrogen) atoms. The van der Waals surface area contributed by atoms with Crippen LogP contribution in [0.1, 0.15) is 17.9 Å². The van der Waals surface area contributed by atoms with Gasteiger partial charge in [0.2, 0.25) is 0 Å². The Morgan fingerprint density at radius 1 is 1.41 bits per heavy atom. The summed E-state index contributed by atoms with van der Waals surface area (Å²) in [5.74, 6) is -1.12. The molecule has 0 N–H and O–H groups in total. The third-order valence-corrected chi connectivity index (χ3v) is 3.42. The number of hydrogen-bond donors (Lipinski definition) is 0. The van der Waals surface area contributed by atoms with E-state index in [1.54, 1.807) is 0 Å². The number of carbonyl (C=O) groups excluding carboxylic acids is 1. The lowest BCUT2D eigenvalue weighted by Gasteiger charge is -2.34. The van der Waals surface area contributed by atoms with E-state index in [1.165, 1.54) is 0 Å². The van der Waals surface area contributed by atoms with Gasteiger partial charge in [-0.3, -0.25) is 4.94 Å². The van der Waals surface area contributed by atoms with Crippen LogP contribution in [-0.2, 0) is 9.74 Å². The second-order valence-electron chi connectivity index (χ2n) is 4.57. The molecule has 0 radical (unpaired) electrons. The largest absolute Gasteiger partial charge is 0.353 e. The quantitative estimate of drug-likeness (QED) is 0.789. The van der Waals surface area contributed by atoms with Crippen LogP contribution in [0.25, 0.3) is 0 Å². The van der Waals surface area contributed by atoms with Gasteiger partial charge in [0, 0.05) is 11.1 Å². The summed E-state index contributed by atoms with van der Waals surface area (Å²) in [5, 5.41) is 0. The maximum Gasteiger partial charge on any atom is 0.353 e. The van der Waals surface area contributed by atoms with Crippen molar-refractivity contribution in [3.63, 3.8) is 0 Å². The SMILES string of the molecule is CN1CCC(c2ccccc2)C(C(=O)OF)C1. The molecular weight excluding hydrogens is 221 g/mol. The number of nitrogens with zero attached hydrogens (tertiary/aromatic N) is 1. The lowest BCUT2D eigenvalue weighted by molar-refractivity contribution is -0.191. The van der Waals surface area contributed by atoms with Gasteiger partial charge < -0.3 is 4.90 Å². The molecule has 2 rings (SSSR count). The zero-order valence-corrected chi connectivity index (χ0v) is 9.80. The van der Waals surface area contributed by atoms with Crippen molar-refractivity contribution in [3.05, 3.63) is 35.9 Å². The Hall–Kier alpha value is -1.42. The average molecular weight is 237 g/mol. The van der Waals surface area contributed by atoms with Crippen molar-refractivity contribution in [2.24, 2.45) is 5.92 Å². The molecule has 1 heterocycles. The normalized spacial score (nSPS) is 25.5. The fraction of sp³-hybridized carbons (Fsp3) is 0.462. The molecule has 3 nitrogen and oxygen atoms in total. The Bertz CT molecular complexity index is 382. The highest BCUT2D eigenvalue weighted by Crippen LogP contribution is 2.33. The Morgan fingerprint density at radius 2 is 2.12 bits per heavy atom. The Kier molecular flexibility index (Phi) is 3.74. The summed E-state index contributed by atoms with van der Waals surface area (Å²) in [7, 11) is 1.93. The summed E-state index contributed by atoms with van der Waals surface area (Å²) in [5.41, 5.74) is 1.08. The Morgan fingerprint density at radius 3 is 2.76 bits per heavy atom. The smallest absolute Gasteiger partial charge is 0.305 e. The van der Waals surface area contributed by atoms with Gasteiger partial charge in [-0.15, -0.1) is 0 Å². The van der Waals surface area contributed by atoms with Gasteiger partial charge in [0.15, 0.2) is 0 Å². The van der Waals surface area contributed by atoms with Crippen molar-refractivity contribution < 1.29 is 14.3 Å². The third-order valence-electron chi connectivity index (χ3n) is 3.42. The highest BCUT2D eigenvalue weighted by molar-refractivity contribution is 5.73. The van der Waals surface area contributed by atoms with E-state index in [1.807, 2.05) is 42.3 Å². The van der Waals surface area contributed by atoms with Crippen molar-refractivity contribution in [2.75, 3.05) is 20.1 Å². The van der Waals surface area contributed by atoms with Gasteiger partial charge in [-0.1, -0.05) is 30.3 Å². The predicted octanol–water partition coefficient (Wildman–Crippen LogP) is 2.15. The van der Waals surface area contributed by atoms with Gasteiger partial charge in [0.1, 0.15) is 0 Å². The maximum absolute atomic E-state index is 12.1. The zero-order valence-electron chi connectivity index (χ0n) is 9.80. The van der Waals surface area contributed by atoms with Crippen molar-refractivity contribution in [2.45, 2.75) is 12.3 Å². The highest BCUT2D eigenvalue weighted by atomic mass is 19.3. The molecule has 2 atom stereocenters. The van der Waals surface area contributed by atoms with Gasteiger partial charge >= 0.3 is 5.97 Å². The molecule has 1 saturated heterocycles. The van der Waals surface area contributed by atoms with Crippen LogP contribution in [0.3, 0.4) is 0 Å². The fourth-order valence-electron chi connectivity index (χ4n) is 2.51. The van der Waals surface area contributed by atoms with E-state index in [2.05, 4.69) is 4.94 Å². The van der Waals surface area contributed by atoms with Gasteiger partial charge in [0.25, 0.3) is 0 Å². The standard InChI is InChI=1S/C13H16FNO2/c1-15-8-7-11(10-5-3-2-4-6-10)12(9-15)13(16)17-14/h2-6,11-12H,7-9H2,1H3. The molecule has 2 unspecified atom stereocenters. The molecule has 92 valence electrons. The fourth-order valence-corrected chi connectivity index (χ4v) is 2.51. The number of halogens is 1. The van der Waals surface area contributed by atoms with Crippen molar-refractivity contribution >= 4 is 5.97 Å². The van der Waals surface area contributed by atoms with E-state index in [9.17, 15) is 9.32 Å². The topological polar surface area (TPSA) is 29.5 Å². The maximum atomic E-state index is 12.1. The number of carbonyl (C=O) groups is 1. The van der Waals surface area contributed by atoms with Crippen LogP contribution in [0.4, 0.5) is 4.53 Å². The summed E-state index contributed by atoms with van der Waals surface area (Å²) >= 11 is 0. The van der Waals surface area contributed by atoms with E-state index in [0.29, 0.717) is 6.54 Å². The molecule has 0 bridgehead atoms. The minimum absolute atomic E-state index is 0.0515. The molecular formula is C13H16FNO2. The van der Waals surface area contributed by atoms with Crippen molar-refractivity contribution in [1.82, 2.24) is 4.90 Å². The van der Waals surface area contributed by atoms with Crippen molar-refractivity contribution in [1.29, 1.82) is 0 Å². The van der Waals surface area contributed by atoms with E-state index < -0.39 is 11.9 Å². The minimum atomic E-state index is -0.759. The van der Waals surface area contributed by atoms with E-state index in [0.717, 1.165) is 18.5 Å². The van der Waals surface area contributed by atoms with Crippen molar-refractivity contribution in [3.8, 4) is 0 Å². The van der Waals surface area contributed by atoms with E-state index >= 15 is 0 Å². The highest BCUT2D eigenvalue weighted by Gasteiger charge is 2.35. The first-order valence-electron chi connectivity index (χ1n) is 5.78. The number of likely N-dealkylation sites (tertiary alicyclic amines) is 1. The average Bonchev–Trinajstić information content (AvgIpc) is 2.38. The monoisotopic (exact) mass is 237 g/mol. The van der Waals surface area contributed by atoms with Crippen LogP contribution in [-0.4, -0.2) is 31.0 Å². The van der Waals surface area contributed by atoms with Gasteiger partial charge in [-0.2, -0.15) is 0 Å². The third kappa shape index (κ3) is 2.64. The molecule has 0 amide bonds. The molecule has 4 heteroatoms. The Labute approximate surface area is 100 Å². The van der Waals surface area contributed by atoms with Gasteiger partial charge in [-0.25, -0.2) is 4.79 Å². The van der Waals surface area contributed by atoms with Crippen LogP contribution in [0.5, 0.6) is 0 Å². The molecule has 1 fully saturated rings. The van der Waals surface area contributed by atoms with Crippen LogP contribution in [0.15, 0.2) is 30.3 Å². The molecule has 0 aromatic heterocycles. The molecule has 0 spiro atoms. The molecule has 1 aromatic carbocycles. The summed E-state index contributed by atoms with van der Waals surface area (Å²) in [6.07, 6.45) is 0.848. The lowest BCUT2D eigenvalue weighted by Crippen LogP contribution is -2.41. The minimum Gasteiger partial charge on any atom is -0.305 e. The van der Waals surface area contributed by atoms with Gasteiger partial charge in [0.05, 0.1) is 5.92 Å². The predicted molar refractivity (Wildman–Crippen MR) is 62.0 cm³/mol. The molecule has 1 aliphatic heterocycles. The second-order valence-corrected chi connectivity index (χ2v) is 4.57. The number of piperidine rings is 1. The molecule has 1 aromatic rings. The number of hydrogen-bond acceptors (Lipinski definition) is 3. The number of benzene rings is 1. The summed E-state index contributed by atoms with van der Waals surface area (Å²) in [6, 6.07) is 9.76. The van der Waals surface area contributed by atoms with Crippen LogP contribution in [0, 0.1) is 5.92 Å². The molecule has 1 aliphatic rings. The number of rotatable bonds is 2.